The van der Waals surface area contributed by atoms with E-state index in [1.165, 1.54) is 18.1 Å². The van der Waals surface area contributed by atoms with E-state index in [0.717, 1.165) is 10.7 Å². The summed E-state index contributed by atoms with van der Waals surface area (Å²) in [4.78, 5) is 18.6. The van der Waals surface area contributed by atoms with Crippen LogP contribution in [0.15, 0.2) is 29.8 Å². The zero-order chi connectivity index (χ0) is 12.1. The van der Waals surface area contributed by atoms with Crippen molar-refractivity contribution in [2.24, 2.45) is 5.73 Å². The second kappa shape index (κ2) is 5.30. The molecular weight excluding hydrogens is 240 g/mol. The van der Waals surface area contributed by atoms with Gasteiger partial charge in [0.1, 0.15) is 12.1 Å². The fourth-order valence-electron chi connectivity index (χ4n) is 1.17. The molecule has 0 saturated carbocycles. The van der Waals surface area contributed by atoms with Crippen LogP contribution in [0.3, 0.4) is 0 Å². The molecular formula is C9H10N6OS. The molecule has 0 fully saturated rings. The maximum atomic E-state index is 10.7. The lowest BCUT2D eigenvalue weighted by atomic mass is 10.3. The molecule has 0 saturated heterocycles. The van der Waals surface area contributed by atoms with Gasteiger partial charge in [-0.25, -0.2) is 14.8 Å². The van der Waals surface area contributed by atoms with Gasteiger partial charge in [0.2, 0.25) is 0 Å². The number of aromatic amines is 1. The van der Waals surface area contributed by atoms with Crippen molar-refractivity contribution >= 4 is 23.6 Å². The van der Waals surface area contributed by atoms with Crippen LogP contribution >= 0.6 is 11.8 Å². The van der Waals surface area contributed by atoms with E-state index in [-0.39, 0.29) is 0 Å². The molecule has 0 aromatic carbocycles. The van der Waals surface area contributed by atoms with Gasteiger partial charge in [0.15, 0.2) is 5.16 Å². The quantitative estimate of drug-likeness (QED) is 0.701. The number of nitrogens with zero attached hydrogens (tertiary/aromatic N) is 3. The van der Waals surface area contributed by atoms with Gasteiger partial charge in [0.25, 0.3) is 0 Å². The fourth-order valence-corrected chi connectivity index (χ4v) is 1.90. The Morgan fingerprint density at radius 1 is 1.53 bits per heavy atom. The molecule has 88 valence electrons. The molecule has 0 bridgehead atoms. The van der Waals surface area contributed by atoms with Gasteiger partial charge in [-0.2, -0.15) is 5.10 Å². The Morgan fingerprint density at radius 2 is 2.41 bits per heavy atom. The topological polar surface area (TPSA) is 110 Å². The Balaban J connectivity index is 1.98. The lowest BCUT2D eigenvalue weighted by molar-refractivity contribution is 0.259. The summed E-state index contributed by atoms with van der Waals surface area (Å²) in [6, 6.07) is 2.99. The number of nitrogens with two attached hydrogens (primary N) is 1. The van der Waals surface area contributed by atoms with Gasteiger partial charge >= 0.3 is 6.03 Å². The first kappa shape index (κ1) is 11.4. The molecule has 0 atom stereocenters. The summed E-state index contributed by atoms with van der Waals surface area (Å²) in [6.07, 6.45) is 3.07. The van der Waals surface area contributed by atoms with Crippen LogP contribution in [-0.4, -0.2) is 26.2 Å². The Labute approximate surface area is 101 Å². The summed E-state index contributed by atoms with van der Waals surface area (Å²) in [5, 5.41) is 9.66. The minimum absolute atomic E-state index is 0.438. The van der Waals surface area contributed by atoms with Gasteiger partial charge in [-0.1, -0.05) is 11.8 Å². The smallest absolute Gasteiger partial charge is 0.317 e. The van der Waals surface area contributed by atoms with Gasteiger partial charge in [-0.05, 0) is 17.7 Å². The maximum Gasteiger partial charge on any atom is 0.317 e. The summed E-state index contributed by atoms with van der Waals surface area (Å²) in [6.45, 7) is 0. The summed E-state index contributed by atoms with van der Waals surface area (Å²) >= 11 is 1.51. The molecule has 8 heteroatoms. The number of nitrogens with one attached hydrogen (secondary N) is 2. The number of anilines is 1. The van der Waals surface area contributed by atoms with E-state index in [0.29, 0.717) is 11.6 Å². The summed E-state index contributed by atoms with van der Waals surface area (Å²) in [7, 11) is 0. The van der Waals surface area contributed by atoms with Crippen molar-refractivity contribution in [3.8, 4) is 0 Å². The zero-order valence-electron chi connectivity index (χ0n) is 8.75. The van der Waals surface area contributed by atoms with Crippen LogP contribution in [-0.2, 0) is 5.75 Å². The van der Waals surface area contributed by atoms with Gasteiger partial charge in [0.05, 0.1) is 0 Å². The molecule has 0 aliphatic heterocycles. The monoisotopic (exact) mass is 250 g/mol. The molecule has 0 radical (unpaired) electrons. The molecule has 17 heavy (non-hydrogen) atoms. The van der Waals surface area contributed by atoms with E-state index in [4.69, 9.17) is 5.73 Å². The highest BCUT2D eigenvalue weighted by molar-refractivity contribution is 7.98. The number of hydrogen-bond donors (Lipinski definition) is 3. The predicted octanol–water partition coefficient (Wildman–Crippen LogP) is 0.983. The van der Waals surface area contributed by atoms with Crippen LogP contribution in [0, 0.1) is 0 Å². The largest absolute Gasteiger partial charge is 0.351 e. The highest BCUT2D eigenvalue weighted by atomic mass is 32.2. The fraction of sp³-hybridized carbons (Fsp3) is 0.111. The first-order valence-electron chi connectivity index (χ1n) is 4.73. The molecule has 7 nitrogen and oxygen atoms in total. The number of hydrogen-bond acceptors (Lipinski definition) is 5. The van der Waals surface area contributed by atoms with Crippen LogP contribution in [0.25, 0.3) is 0 Å². The maximum absolute atomic E-state index is 10.7. The molecule has 0 aliphatic carbocycles. The SMILES string of the molecule is NC(=O)Nc1cc(CSc2ncn[nH]2)ccn1. The van der Waals surface area contributed by atoms with Crippen molar-refractivity contribution < 1.29 is 4.79 Å². The van der Waals surface area contributed by atoms with Gasteiger partial charge < -0.3 is 5.73 Å². The number of amides is 2. The molecule has 2 aromatic rings. The third-order valence-corrected chi connectivity index (χ3v) is 2.79. The normalized spacial score (nSPS) is 10.1. The molecule has 0 spiro atoms. The first-order valence-corrected chi connectivity index (χ1v) is 5.72. The lowest BCUT2D eigenvalue weighted by Gasteiger charge is -2.03. The predicted molar refractivity (Wildman–Crippen MR) is 63.4 cm³/mol. The van der Waals surface area contributed by atoms with Crippen molar-refractivity contribution in [2.75, 3.05) is 5.32 Å². The number of carbonyl (C=O) groups excluding carboxylic acids is 1. The molecule has 2 amide bonds. The number of rotatable bonds is 4. The van der Waals surface area contributed by atoms with Crippen LogP contribution < -0.4 is 11.1 Å². The summed E-state index contributed by atoms with van der Waals surface area (Å²) in [5.74, 6) is 1.14. The number of H-pyrrole nitrogens is 1. The summed E-state index contributed by atoms with van der Waals surface area (Å²) in [5.41, 5.74) is 6.01. The number of primary amides is 1. The molecule has 2 aromatic heterocycles. The second-order valence-corrected chi connectivity index (χ2v) is 4.08. The number of pyridine rings is 1. The van der Waals surface area contributed by atoms with Crippen LogP contribution in [0.4, 0.5) is 10.6 Å². The zero-order valence-corrected chi connectivity index (χ0v) is 9.57. The Hall–Kier alpha value is -2.09. The average Bonchev–Trinajstić information content (AvgIpc) is 2.79. The van der Waals surface area contributed by atoms with Gasteiger partial charge in [-0.3, -0.25) is 10.4 Å². The third kappa shape index (κ3) is 3.45. The number of urea groups is 1. The Kier molecular flexibility index (Phi) is 3.55. The van der Waals surface area contributed by atoms with Gasteiger partial charge in [-0.15, -0.1) is 0 Å². The number of aromatic nitrogens is 4. The molecule has 2 rings (SSSR count). The van der Waals surface area contributed by atoms with Crippen molar-refractivity contribution in [1.29, 1.82) is 0 Å². The standard InChI is InChI=1S/C9H10N6OS/c10-8(16)14-7-3-6(1-2-11-7)4-17-9-12-5-13-15-9/h1-3,5H,4H2,(H,12,13,15)(H3,10,11,14,16). The average molecular weight is 250 g/mol. The minimum Gasteiger partial charge on any atom is -0.351 e. The molecule has 0 aliphatic rings. The number of thioether (sulfide) groups is 1. The second-order valence-electron chi connectivity index (χ2n) is 3.12. The van der Waals surface area contributed by atoms with Crippen LogP contribution in [0.5, 0.6) is 0 Å². The van der Waals surface area contributed by atoms with Crippen molar-refractivity contribution in [3.05, 3.63) is 30.2 Å². The number of carbonyl (C=O) groups is 1. The summed E-state index contributed by atoms with van der Waals surface area (Å²) < 4.78 is 0. The van der Waals surface area contributed by atoms with E-state index in [1.54, 1.807) is 12.3 Å². The highest BCUT2D eigenvalue weighted by Gasteiger charge is 2.02. The van der Waals surface area contributed by atoms with E-state index in [9.17, 15) is 4.79 Å². The molecule has 2 heterocycles. The van der Waals surface area contributed by atoms with E-state index in [1.807, 2.05) is 6.07 Å². The van der Waals surface area contributed by atoms with E-state index in [2.05, 4.69) is 25.5 Å². The van der Waals surface area contributed by atoms with Crippen molar-refractivity contribution in [3.63, 3.8) is 0 Å². The van der Waals surface area contributed by atoms with Crippen molar-refractivity contribution in [1.82, 2.24) is 20.2 Å². The van der Waals surface area contributed by atoms with Crippen molar-refractivity contribution in [2.45, 2.75) is 10.9 Å². The van der Waals surface area contributed by atoms with Crippen LogP contribution in [0.2, 0.25) is 0 Å². The molecule has 4 N–H and O–H groups in total. The Bertz CT molecular complexity index is 500. The van der Waals surface area contributed by atoms with Gasteiger partial charge in [0, 0.05) is 11.9 Å². The third-order valence-electron chi connectivity index (χ3n) is 1.84. The highest BCUT2D eigenvalue weighted by Crippen LogP contribution is 2.19. The van der Waals surface area contributed by atoms with E-state index >= 15 is 0 Å². The van der Waals surface area contributed by atoms with E-state index < -0.39 is 6.03 Å². The lowest BCUT2D eigenvalue weighted by Crippen LogP contribution is -2.20. The van der Waals surface area contributed by atoms with Crippen LogP contribution in [0.1, 0.15) is 5.56 Å². The Morgan fingerprint density at radius 3 is 3.12 bits per heavy atom. The molecule has 0 unspecified atom stereocenters. The minimum atomic E-state index is -0.627. The first-order chi connectivity index (χ1) is 8.24.